The lowest BCUT2D eigenvalue weighted by Crippen LogP contribution is -2.56. The highest BCUT2D eigenvalue weighted by atomic mass is 28.4. The van der Waals surface area contributed by atoms with Gasteiger partial charge in [0.2, 0.25) is 0 Å². The van der Waals surface area contributed by atoms with Gasteiger partial charge in [-0.25, -0.2) is 0 Å². The molecule has 0 saturated heterocycles. The van der Waals surface area contributed by atoms with Gasteiger partial charge in [0.05, 0.1) is 5.60 Å². The van der Waals surface area contributed by atoms with E-state index < -0.39 is 8.32 Å². The van der Waals surface area contributed by atoms with Gasteiger partial charge in [-0.05, 0) is 37.4 Å². The van der Waals surface area contributed by atoms with E-state index in [-0.39, 0.29) is 5.60 Å². The molecule has 0 unspecified atom stereocenters. The van der Waals surface area contributed by atoms with Crippen LogP contribution in [0.3, 0.4) is 0 Å². The van der Waals surface area contributed by atoms with E-state index in [9.17, 15) is 0 Å². The van der Waals surface area contributed by atoms with Crippen LogP contribution in [0.2, 0.25) is 18.1 Å². The number of rotatable bonds is 2. The smallest absolute Gasteiger partial charge is 0.193 e. The minimum Gasteiger partial charge on any atom is -0.407 e. The van der Waals surface area contributed by atoms with Crippen molar-refractivity contribution in [2.45, 2.75) is 70.7 Å². The maximum Gasteiger partial charge on any atom is 0.193 e. The van der Waals surface area contributed by atoms with E-state index in [0.717, 1.165) is 0 Å². The van der Waals surface area contributed by atoms with E-state index in [1.807, 2.05) is 0 Å². The fraction of sp³-hybridized carbons (Fsp3) is 0.857. The summed E-state index contributed by atoms with van der Waals surface area (Å²) in [6.07, 6.45) is 8.55. The lowest BCUT2D eigenvalue weighted by Gasteiger charge is -2.53. The van der Waals surface area contributed by atoms with Gasteiger partial charge in [0.15, 0.2) is 8.32 Å². The van der Waals surface area contributed by atoms with E-state index in [4.69, 9.17) is 4.43 Å². The highest BCUT2D eigenvalue weighted by Crippen LogP contribution is 2.59. The summed E-state index contributed by atoms with van der Waals surface area (Å²) in [4.78, 5) is 0. The van der Waals surface area contributed by atoms with Crippen molar-refractivity contribution in [1.29, 1.82) is 0 Å². The first kappa shape index (κ1) is 12.4. The number of hydrogen-bond donors (Lipinski definition) is 0. The minimum absolute atomic E-state index is 0.0933. The van der Waals surface area contributed by atoms with Crippen molar-refractivity contribution in [2.24, 2.45) is 5.41 Å². The fourth-order valence-electron chi connectivity index (χ4n) is 2.75. The SMILES string of the molecule is CC(C)(C)[Si](C)(C)O[C@@]12C=C[C@]1(C)CCC2. The molecule has 2 aliphatic rings. The average molecular weight is 238 g/mol. The highest BCUT2D eigenvalue weighted by molar-refractivity contribution is 6.74. The molecule has 0 radical (unpaired) electrons. The van der Waals surface area contributed by atoms with Crippen molar-refractivity contribution < 1.29 is 4.43 Å². The molecule has 0 bridgehead atoms. The summed E-state index contributed by atoms with van der Waals surface area (Å²) in [6, 6.07) is 0. The quantitative estimate of drug-likeness (QED) is 0.508. The van der Waals surface area contributed by atoms with Crippen molar-refractivity contribution in [1.82, 2.24) is 0 Å². The third-order valence-electron chi connectivity index (χ3n) is 5.17. The Morgan fingerprint density at radius 3 is 2.12 bits per heavy atom. The molecular formula is C14H26OSi. The summed E-state index contributed by atoms with van der Waals surface area (Å²) in [7, 11) is -1.63. The van der Waals surface area contributed by atoms with Crippen LogP contribution in [-0.2, 0) is 4.43 Å². The summed E-state index contributed by atoms with van der Waals surface area (Å²) in [5.41, 5.74) is 0.429. The number of fused-ring (bicyclic) bond motifs is 1. The second-order valence-corrected chi connectivity index (χ2v) is 12.1. The van der Waals surface area contributed by atoms with E-state index >= 15 is 0 Å². The lowest BCUT2D eigenvalue weighted by molar-refractivity contribution is 0.00688. The third-order valence-corrected chi connectivity index (χ3v) is 9.66. The molecule has 0 N–H and O–H groups in total. The zero-order valence-corrected chi connectivity index (χ0v) is 12.7. The molecule has 92 valence electrons. The Hall–Kier alpha value is -0.0831. The van der Waals surface area contributed by atoms with Crippen LogP contribution in [0.5, 0.6) is 0 Å². The summed E-state index contributed by atoms with van der Waals surface area (Å²) < 4.78 is 6.70. The maximum absolute atomic E-state index is 6.70. The van der Waals surface area contributed by atoms with Crippen LogP contribution in [0.1, 0.15) is 47.0 Å². The molecule has 1 fully saturated rings. The van der Waals surface area contributed by atoms with Crippen molar-refractivity contribution in [3.8, 4) is 0 Å². The van der Waals surface area contributed by atoms with Crippen LogP contribution in [0.15, 0.2) is 12.2 Å². The van der Waals surface area contributed by atoms with Crippen LogP contribution in [0.4, 0.5) is 0 Å². The van der Waals surface area contributed by atoms with Gasteiger partial charge in [-0.1, -0.05) is 39.8 Å². The van der Waals surface area contributed by atoms with Gasteiger partial charge >= 0.3 is 0 Å². The summed E-state index contributed by atoms with van der Waals surface area (Å²) in [5, 5.41) is 0.314. The predicted molar refractivity (Wildman–Crippen MR) is 72.1 cm³/mol. The van der Waals surface area contributed by atoms with Crippen molar-refractivity contribution >= 4 is 8.32 Å². The van der Waals surface area contributed by atoms with Crippen LogP contribution in [0.25, 0.3) is 0 Å². The zero-order valence-electron chi connectivity index (χ0n) is 11.7. The first-order valence-corrected chi connectivity index (χ1v) is 9.43. The monoisotopic (exact) mass is 238 g/mol. The van der Waals surface area contributed by atoms with Crippen LogP contribution >= 0.6 is 0 Å². The molecule has 1 nitrogen and oxygen atoms in total. The first-order valence-electron chi connectivity index (χ1n) is 6.53. The Kier molecular flexibility index (Phi) is 2.50. The normalized spacial score (nSPS) is 38.4. The van der Waals surface area contributed by atoms with Gasteiger partial charge in [-0.3, -0.25) is 0 Å². The van der Waals surface area contributed by atoms with Crippen molar-refractivity contribution in [3.63, 3.8) is 0 Å². The molecule has 0 aromatic carbocycles. The minimum atomic E-state index is -1.63. The fourth-order valence-corrected chi connectivity index (χ4v) is 4.37. The molecule has 0 aromatic heterocycles. The Morgan fingerprint density at radius 2 is 1.75 bits per heavy atom. The standard InChI is InChI=1S/C14H26OSi/c1-12(2,3)16(5,6)15-14-9-7-8-13(14,4)10-11-14/h10-11H,7-9H2,1-6H3/t13-,14-/m0/s1. The molecule has 2 heteroatoms. The summed E-state index contributed by atoms with van der Waals surface area (Å²) >= 11 is 0. The van der Waals surface area contributed by atoms with Gasteiger partial charge in [-0.2, -0.15) is 0 Å². The van der Waals surface area contributed by atoms with Crippen molar-refractivity contribution in [2.75, 3.05) is 0 Å². The van der Waals surface area contributed by atoms with E-state index in [2.05, 4.69) is 52.9 Å². The molecule has 0 spiro atoms. The Morgan fingerprint density at radius 1 is 1.12 bits per heavy atom. The number of hydrogen-bond acceptors (Lipinski definition) is 1. The molecule has 0 aliphatic heterocycles. The maximum atomic E-state index is 6.70. The van der Waals surface area contributed by atoms with Crippen LogP contribution in [0, 0.1) is 5.41 Å². The molecule has 2 aliphatic carbocycles. The second kappa shape index (κ2) is 3.23. The Labute approximate surface area is 101 Å². The molecule has 0 heterocycles. The largest absolute Gasteiger partial charge is 0.407 e. The molecule has 2 atom stereocenters. The molecule has 16 heavy (non-hydrogen) atoms. The molecular weight excluding hydrogens is 212 g/mol. The third kappa shape index (κ3) is 1.53. The van der Waals surface area contributed by atoms with Crippen LogP contribution in [-0.4, -0.2) is 13.9 Å². The van der Waals surface area contributed by atoms with Gasteiger partial charge in [0.1, 0.15) is 0 Å². The van der Waals surface area contributed by atoms with Crippen molar-refractivity contribution in [3.05, 3.63) is 12.2 Å². The van der Waals surface area contributed by atoms with Crippen LogP contribution < -0.4 is 0 Å². The molecule has 2 rings (SSSR count). The van der Waals surface area contributed by atoms with E-state index in [0.29, 0.717) is 10.5 Å². The van der Waals surface area contributed by atoms with Gasteiger partial charge < -0.3 is 4.43 Å². The predicted octanol–water partition coefficient (Wildman–Crippen LogP) is 4.51. The average Bonchev–Trinajstić information content (AvgIpc) is 2.29. The van der Waals surface area contributed by atoms with Gasteiger partial charge in [-0.15, -0.1) is 0 Å². The summed E-state index contributed by atoms with van der Waals surface area (Å²) in [6.45, 7) is 14.1. The lowest BCUT2D eigenvalue weighted by atomic mass is 9.67. The van der Waals surface area contributed by atoms with E-state index in [1.54, 1.807) is 0 Å². The zero-order chi connectivity index (χ0) is 12.2. The van der Waals surface area contributed by atoms with Gasteiger partial charge in [0.25, 0.3) is 0 Å². The summed E-state index contributed by atoms with van der Waals surface area (Å²) in [5.74, 6) is 0. The highest BCUT2D eigenvalue weighted by Gasteiger charge is 2.58. The second-order valence-electron chi connectivity index (χ2n) is 7.36. The Bertz CT molecular complexity index is 326. The first-order chi connectivity index (χ1) is 7.12. The van der Waals surface area contributed by atoms with E-state index in [1.165, 1.54) is 19.3 Å². The molecule has 1 saturated carbocycles. The van der Waals surface area contributed by atoms with Gasteiger partial charge in [0, 0.05) is 5.41 Å². The molecule has 0 aromatic rings. The topological polar surface area (TPSA) is 9.23 Å². The Balaban J connectivity index is 2.20. The molecule has 0 amide bonds.